The van der Waals surface area contributed by atoms with Gasteiger partial charge in [0, 0.05) is 16.0 Å². The van der Waals surface area contributed by atoms with Gasteiger partial charge in [-0.05, 0) is 29.8 Å². The van der Waals surface area contributed by atoms with Crippen LogP contribution in [-0.4, -0.2) is 35.9 Å². The number of hydrazone groups is 1. The van der Waals surface area contributed by atoms with Crippen LogP contribution in [0.2, 0.25) is 5.02 Å². The summed E-state index contributed by atoms with van der Waals surface area (Å²) < 4.78 is 5.44. The molecule has 0 aliphatic carbocycles. The highest BCUT2D eigenvalue weighted by atomic mass is 35.5. The van der Waals surface area contributed by atoms with Crippen LogP contribution in [0.25, 0.3) is 11.3 Å². The number of thioether (sulfide) groups is 1. The van der Waals surface area contributed by atoms with Gasteiger partial charge < -0.3 is 4.74 Å². The number of esters is 1. The molecule has 1 N–H and O–H groups in total. The summed E-state index contributed by atoms with van der Waals surface area (Å²) in [6.07, 6.45) is 1.51. The first-order chi connectivity index (χ1) is 14.0. The number of halogens is 1. The van der Waals surface area contributed by atoms with Crippen molar-refractivity contribution in [3.63, 3.8) is 0 Å². The topological polar surface area (TPSA) is 80.6 Å². The Morgan fingerprint density at radius 1 is 1.21 bits per heavy atom. The van der Waals surface area contributed by atoms with Crippen molar-refractivity contribution in [2.45, 2.75) is 4.34 Å². The lowest BCUT2D eigenvalue weighted by atomic mass is 10.1. The number of benzene rings is 2. The maximum absolute atomic E-state index is 12.0. The summed E-state index contributed by atoms with van der Waals surface area (Å²) in [4.78, 5) is 27.9. The van der Waals surface area contributed by atoms with E-state index in [2.05, 4.69) is 20.2 Å². The van der Waals surface area contributed by atoms with Gasteiger partial charge in [0.15, 0.2) is 4.34 Å². The zero-order valence-corrected chi connectivity index (χ0v) is 17.7. The summed E-state index contributed by atoms with van der Waals surface area (Å²) in [7, 11) is 1.33. The highest BCUT2D eigenvalue weighted by molar-refractivity contribution is 8.01. The number of nitrogens with one attached hydrogen (secondary N) is 1. The van der Waals surface area contributed by atoms with E-state index in [1.165, 1.54) is 36.4 Å². The number of aromatic nitrogens is 1. The summed E-state index contributed by atoms with van der Waals surface area (Å²) in [6.45, 7) is 0. The van der Waals surface area contributed by atoms with Gasteiger partial charge in [-0.15, -0.1) is 11.3 Å². The molecule has 3 rings (SSSR count). The molecule has 9 heteroatoms. The van der Waals surface area contributed by atoms with E-state index in [0.717, 1.165) is 21.2 Å². The van der Waals surface area contributed by atoms with Crippen molar-refractivity contribution in [2.24, 2.45) is 5.10 Å². The van der Waals surface area contributed by atoms with Gasteiger partial charge >= 0.3 is 5.97 Å². The van der Waals surface area contributed by atoms with Crippen LogP contribution in [0.3, 0.4) is 0 Å². The Balaban J connectivity index is 1.47. The zero-order chi connectivity index (χ0) is 20.6. The molecule has 0 radical (unpaired) electrons. The summed E-state index contributed by atoms with van der Waals surface area (Å²) in [5.74, 6) is -0.437. The average Bonchev–Trinajstić information content (AvgIpc) is 3.22. The molecular formula is C20H16ClN3O3S2. The van der Waals surface area contributed by atoms with Crippen molar-refractivity contribution in [1.82, 2.24) is 10.4 Å². The molecule has 0 spiro atoms. The van der Waals surface area contributed by atoms with Crippen molar-refractivity contribution in [3.05, 3.63) is 70.1 Å². The fourth-order valence-electron chi connectivity index (χ4n) is 2.24. The summed E-state index contributed by atoms with van der Waals surface area (Å²) >= 11 is 8.72. The third kappa shape index (κ3) is 6.15. The van der Waals surface area contributed by atoms with Crippen molar-refractivity contribution < 1.29 is 14.3 Å². The predicted octanol–water partition coefficient (Wildman–Crippen LogP) is 4.49. The van der Waals surface area contributed by atoms with Gasteiger partial charge in [-0.25, -0.2) is 15.2 Å². The minimum atomic E-state index is -0.403. The molecule has 1 amide bonds. The van der Waals surface area contributed by atoms with Crippen molar-refractivity contribution in [3.8, 4) is 11.3 Å². The van der Waals surface area contributed by atoms with Crippen LogP contribution < -0.4 is 5.43 Å². The van der Waals surface area contributed by atoms with Crippen molar-refractivity contribution in [1.29, 1.82) is 0 Å². The largest absolute Gasteiger partial charge is 0.465 e. The number of methoxy groups -OCH3 is 1. The number of amides is 1. The second kappa shape index (κ2) is 10.2. The Labute approximate surface area is 181 Å². The lowest BCUT2D eigenvalue weighted by Crippen LogP contribution is -2.19. The number of hydrogen-bond donors (Lipinski definition) is 1. The number of nitrogens with zero attached hydrogens (tertiary/aromatic N) is 2. The van der Waals surface area contributed by atoms with Crippen molar-refractivity contribution >= 4 is 52.8 Å². The van der Waals surface area contributed by atoms with Gasteiger partial charge in [-0.1, -0.05) is 47.6 Å². The van der Waals surface area contributed by atoms with Crippen LogP contribution in [0.4, 0.5) is 0 Å². The fraction of sp³-hybridized carbons (Fsp3) is 0.100. The molecule has 0 aliphatic rings. The van der Waals surface area contributed by atoms with Gasteiger partial charge in [0.05, 0.1) is 30.3 Å². The van der Waals surface area contributed by atoms with Gasteiger partial charge in [-0.2, -0.15) is 5.10 Å². The van der Waals surface area contributed by atoms with E-state index in [1.54, 1.807) is 24.3 Å². The first-order valence-electron chi connectivity index (χ1n) is 8.39. The monoisotopic (exact) mass is 445 g/mol. The van der Waals surface area contributed by atoms with Crippen molar-refractivity contribution in [2.75, 3.05) is 12.9 Å². The fourth-order valence-corrected chi connectivity index (χ4v) is 3.99. The third-order valence-corrected chi connectivity index (χ3v) is 5.96. The van der Waals surface area contributed by atoms with E-state index in [4.69, 9.17) is 11.6 Å². The number of carbonyl (C=O) groups is 2. The lowest BCUT2D eigenvalue weighted by Gasteiger charge is -2.00. The van der Waals surface area contributed by atoms with E-state index < -0.39 is 5.97 Å². The molecule has 0 saturated heterocycles. The molecule has 1 heterocycles. The number of carbonyl (C=O) groups excluding carboxylic acids is 2. The number of hydrogen-bond acceptors (Lipinski definition) is 7. The highest BCUT2D eigenvalue weighted by Crippen LogP contribution is 2.28. The van der Waals surface area contributed by atoms with E-state index >= 15 is 0 Å². The quantitative estimate of drug-likeness (QED) is 0.251. The molecule has 6 nitrogen and oxygen atoms in total. The number of ether oxygens (including phenoxy) is 1. The molecule has 0 bridgehead atoms. The molecule has 0 atom stereocenters. The molecule has 1 aromatic heterocycles. The normalized spacial score (nSPS) is 10.8. The van der Waals surface area contributed by atoms with Crippen LogP contribution in [0.15, 0.2) is 63.4 Å². The molecule has 148 valence electrons. The molecule has 0 saturated carbocycles. The minimum absolute atomic E-state index is 0.201. The Bertz CT molecular complexity index is 1020. The summed E-state index contributed by atoms with van der Waals surface area (Å²) in [6, 6.07) is 14.1. The molecule has 0 fully saturated rings. The summed E-state index contributed by atoms with van der Waals surface area (Å²) in [5, 5.41) is 6.55. The highest BCUT2D eigenvalue weighted by Gasteiger charge is 2.08. The summed E-state index contributed by atoms with van der Waals surface area (Å²) in [5.41, 5.74) is 5.50. The van der Waals surface area contributed by atoms with Crippen LogP contribution in [0, 0.1) is 0 Å². The van der Waals surface area contributed by atoms with E-state index in [-0.39, 0.29) is 11.7 Å². The molecule has 29 heavy (non-hydrogen) atoms. The molecule has 3 aromatic rings. The Kier molecular flexibility index (Phi) is 7.40. The first-order valence-corrected chi connectivity index (χ1v) is 10.6. The van der Waals surface area contributed by atoms with E-state index in [9.17, 15) is 9.59 Å². The smallest absolute Gasteiger partial charge is 0.337 e. The second-order valence-corrected chi connectivity index (χ2v) is 8.22. The molecular weight excluding hydrogens is 430 g/mol. The Morgan fingerprint density at radius 3 is 2.62 bits per heavy atom. The molecule has 2 aromatic carbocycles. The van der Waals surface area contributed by atoms with Gasteiger partial charge in [0.1, 0.15) is 0 Å². The molecule has 0 aliphatic heterocycles. The van der Waals surface area contributed by atoms with E-state index in [0.29, 0.717) is 10.6 Å². The minimum Gasteiger partial charge on any atom is -0.465 e. The SMILES string of the molecule is COC(=O)c1ccc(/C=N/NC(=O)CSc2nc(-c3ccc(Cl)cc3)cs2)cc1. The second-order valence-electron chi connectivity index (χ2n) is 5.70. The number of rotatable bonds is 7. The van der Waals surface area contributed by atoms with Crippen LogP contribution in [-0.2, 0) is 9.53 Å². The third-order valence-electron chi connectivity index (χ3n) is 3.68. The number of thiazole rings is 1. The van der Waals surface area contributed by atoms with Crippen LogP contribution in [0.1, 0.15) is 15.9 Å². The average molecular weight is 446 g/mol. The van der Waals surface area contributed by atoms with Crippen LogP contribution in [0.5, 0.6) is 0 Å². The maximum atomic E-state index is 12.0. The standard InChI is InChI=1S/C20H16ClN3O3S2/c1-27-19(26)15-4-2-13(3-5-15)10-22-24-18(25)12-29-20-23-17(11-28-20)14-6-8-16(21)9-7-14/h2-11H,12H2,1H3,(H,24,25)/b22-10+. The predicted molar refractivity (Wildman–Crippen MR) is 117 cm³/mol. The first kappa shape index (κ1) is 21.0. The maximum Gasteiger partial charge on any atom is 0.337 e. The van der Waals surface area contributed by atoms with E-state index in [1.807, 2.05) is 29.6 Å². The lowest BCUT2D eigenvalue weighted by molar-refractivity contribution is -0.118. The Morgan fingerprint density at radius 2 is 1.93 bits per heavy atom. The van der Waals surface area contributed by atoms with Gasteiger partial charge in [-0.3, -0.25) is 4.79 Å². The zero-order valence-electron chi connectivity index (χ0n) is 15.3. The van der Waals surface area contributed by atoms with Gasteiger partial charge in [0.25, 0.3) is 5.91 Å². The Hall–Kier alpha value is -2.68. The van der Waals surface area contributed by atoms with Gasteiger partial charge in [0.2, 0.25) is 0 Å². The molecule has 0 unspecified atom stereocenters. The van der Waals surface area contributed by atoms with Crippen LogP contribution >= 0.6 is 34.7 Å².